The summed E-state index contributed by atoms with van der Waals surface area (Å²) in [5.41, 5.74) is 14.7. The lowest BCUT2D eigenvalue weighted by Gasteiger charge is -2.04. The Morgan fingerprint density at radius 2 is 2.00 bits per heavy atom. The van der Waals surface area contributed by atoms with Gasteiger partial charge in [0, 0.05) is 34.4 Å². The summed E-state index contributed by atoms with van der Waals surface area (Å²) < 4.78 is 5.17. The van der Waals surface area contributed by atoms with Crippen LogP contribution in [0.2, 0.25) is 0 Å². The number of anilines is 4. The van der Waals surface area contributed by atoms with Gasteiger partial charge in [0.15, 0.2) is 0 Å². The van der Waals surface area contributed by atoms with Crippen LogP contribution in [0.3, 0.4) is 0 Å². The Balaban J connectivity index is 1.84. The van der Waals surface area contributed by atoms with E-state index >= 15 is 0 Å². The molecule has 7 nitrogen and oxygen atoms in total. The van der Waals surface area contributed by atoms with Crippen LogP contribution in [-0.2, 0) is 0 Å². The first kappa shape index (κ1) is 13.6. The van der Waals surface area contributed by atoms with Crippen molar-refractivity contribution in [2.24, 2.45) is 0 Å². The highest BCUT2D eigenvalue weighted by Gasteiger charge is 2.09. The Labute approximate surface area is 126 Å². The van der Waals surface area contributed by atoms with Crippen molar-refractivity contribution in [1.29, 1.82) is 5.41 Å². The molecule has 0 saturated carbocycles. The summed E-state index contributed by atoms with van der Waals surface area (Å²) >= 11 is 0. The monoisotopic (exact) mass is 294 g/mol. The van der Waals surface area contributed by atoms with Crippen LogP contribution < -0.4 is 16.8 Å². The molecule has 0 fully saturated rings. The molecule has 1 aromatic heterocycles. The van der Waals surface area contributed by atoms with E-state index < -0.39 is 0 Å². The molecule has 0 unspecified atom stereocenters. The second kappa shape index (κ2) is 5.57. The van der Waals surface area contributed by atoms with Crippen molar-refractivity contribution in [3.63, 3.8) is 0 Å². The quantitative estimate of drug-likeness (QED) is 0.432. The molecule has 3 rings (SSSR count). The Bertz CT molecular complexity index is 826. The summed E-state index contributed by atoms with van der Waals surface area (Å²) in [6.45, 7) is 0. The first-order chi connectivity index (χ1) is 10.7. The second-order valence-corrected chi connectivity index (χ2v) is 4.66. The fourth-order valence-electron chi connectivity index (χ4n) is 1.97. The van der Waals surface area contributed by atoms with Gasteiger partial charge < -0.3 is 26.7 Å². The van der Waals surface area contributed by atoms with Crippen LogP contribution in [0.25, 0.3) is 11.4 Å². The highest BCUT2D eigenvalue weighted by atomic mass is 16.5. The summed E-state index contributed by atoms with van der Waals surface area (Å²) in [4.78, 5) is 4.26. The molecule has 0 radical (unpaired) electrons. The van der Waals surface area contributed by atoms with E-state index in [-0.39, 0.29) is 6.01 Å². The summed E-state index contributed by atoms with van der Waals surface area (Å²) in [5.74, 6) is 0.442. The predicted octanol–water partition coefficient (Wildman–Crippen LogP) is 2.64. The van der Waals surface area contributed by atoms with E-state index in [4.69, 9.17) is 21.4 Å². The normalized spacial score (nSPS) is 10.4. The summed E-state index contributed by atoms with van der Waals surface area (Å²) in [7, 11) is 0. The molecule has 0 aliphatic heterocycles. The molecule has 0 atom stereocenters. The number of nitrogens with two attached hydrogens (primary N) is 2. The van der Waals surface area contributed by atoms with Gasteiger partial charge in [-0.15, -0.1) is 0 Å². The summed E-state index contributed by atoms with van der Waals surface area (Å²) in [5, 5.41) is 14.2. The van der Waals surface area contributed by atoms with Crippen molar-refractivity contribution in [2.45, 2.75) is 0 Å². The number of aromatic nitrogens is 2. The highest BCUT2D eigenvalue weighted by molar-refractivity contribution is 5.87. The molecule has 0 amide bonds. The van der Waals surface area contributed by atoms with Gasteiger partial charge in [0.2, 0.25) is 5.82 Å². The number of hydrogen-bond acceptors (Lipinski definition) is 7. The van der Waals surface area contributed by atoms with Gasteiger partial charge in [0.25, 0.3) is 0 Å². The van der Waals surface area contributed by atoms with Crippen molar-refractivity contribution in [2.75, 3.05) is 16.8 Å². The molecule has 0 saturated heterocycles. The molecule has 7 heteroatoms. The van der Waals surface area contributed by atoms with E-state index in [2.05, 4.69) is 15.5 Å². The van der Waals surface area contributed by atoms with E-state index in [1.807, 2.05) is 12.1 Å². The van der Waals surface area contributed by atoms with Crippen LogP contribution in [0.5, 0.6) is 0 Å². The van der Waals surface area contributed by atoms with E-state index in [1.54, 1.807) is 30.3 Å². The van der Waals surface area contributed by atoms with E-state index in [9.17, 15) is 0 Å². The van der Waals surface area contributed by atoms with Crippen LogP contribution >= 0.6 is 0 Å². The highest BCUT2D eigenvalue weighted by Crippen LogP contribution is 2.23. The molecule has 22 heavy (non-hydrogen) atoms. The number of benzene rings is 2. The molecule has 2 aromatic carbocycles. The topological polar surface area (TPSA) is 127 Å². The van der Waals surface area contributed by atoms with Crippen LogP contribution in [0.15, 0.2) is 47.0 Å². The third-order valence-corrected chi connectivity index (χ3v) is 3.06. The fraction of sp³-hybridized carbons (Fsp3) is 0. The zero-order valence-corrected chi connectivity index (χ0v) is 11.6. The molecule has 0 aliphatic rings. The van der Waals surface area contributed by atoms with Gasteiger partial charge in [-0.05, 0) is 30.3 Å². The predicted molar refractivity (Wildman–Crippen MR) is 86.2 cm³/mol. The minimum absolute atomic E-state index is 0.248. The minimum Gasteiger partial charge on any atom is -0.399 e. The first-order valence-electron chi connectivity index (χ1n) is 6.52. The first-order valence-corrected chi connectivity index (χ1v) is 6.52. The Morgan fingerprint density at radius 1 is 1.14 bits per heavy atom. The van der Waals surface area contributed by atoms with Gasteiger partial charge in [-0.3, -0.25) is 0 Å². The van der Waals surface area contributed by atoms with Crippen molar-refractivity contribution >= 4 is 29.3 Å². The molecule has 3 aromatic rings. The average Bonchev–Trinajstić information content (AvgIpc) is 2.98. The van der Waals surface area contributed by atoms with Crippen molar-refractivity contribution < 1.29 is 4.52 Å². The third-order valence-electron chi connectivity index (χ3n) is 3.06. The SMILES string of the molecule is N=Cc1cc(Nc2nc(-c3cccc(N)c3)no2)ccc1N. The standard InChI is InChI=1S/C15H14N6O/c16-8-10-7-12(4-5-13(10)18)19-15-20-14(21-22-15)9-2-1-3-11(17)6-9/h1-8,16H,17-18H2,(H,19,20,21). The summed E-state index contributed by atoms with van der Waals surface area (Å²) in [6.07, 6.45) is 1.19. The second-order valence-electron chi connectivity index (χ2n) is 4.66. The van der Waals surface area contributed by atoms with Gasteiger partial charge >= 0.3 is 6.01 Å². The maximum absolute atomic E-state index is 7.30. The largest absolute Gasteiger partial charge is 0.399 e. The molecular formula is C15H14N6O. The molecule has 6 N–H and O–H groups in total. The van der Waals surface area contributed by atoms with E-state index in [0.717, 1.165) is 5.56 Å². The van der Waals surface area contributed by atoms with Gasteiger partial charge in [0.1, 0.15) is 0 Å². The number of rotatable bonds is 4. The Morgan fingerprint density at radius 3 is 2.77 bits per heavy atom. The number of nitrogens with zero attached hydrogens (tertiary/aromatic N) is 2. The lowest BCUT2D eigenvalue weighted by Crippen LogP contribution is -1.96. The van der Waals surface area contributed by atoms with Crippen molar-refractivity contribution in [1.82, 2.24) is 10.1 Å². The number of nitrogen functional groups attached to an aromatic ring is 2. The molecule has 0 bridgehead atoms. The van der Waals surface area contributed by atoms with Crippen molar-refractivity contribution in [3.05, 3.63) is 48.0 Å². The summed E-state index contributed by atoms with van der Waals surface area (Å²) in [6, 6.07) is 12.7. The lowest BCUT2D eigenvalue weighted by atomic mass is 10.2. The zero-order chi connectivity index (χ0) is 15.5. The number of hydrogen-bond donors (Lipinski definition) is 4. The molecule has 0 spiro atoms. The van der Waals surface area contributed by atoms with Gasteiger partial charge in [0.05, 0.1) is 0 Å². The zero-order valence-electron chi connectivity index (χ0n) is 11.6. The smallest absolute Gasteiger partial charge is 0.326 e. The van der Waals surface area contributed by atoms with E-state index in [0.29, 0.717) is 28.5 Å². The maximum Gasteiger partial charge on any atom is 0.326 e. The van der Waals surface area contributed by atoms with Crippen LogP contribution in [-0.4, -0.2) is 16.4 Å². The molecule has 1 heterocycles. The van der Waals surface area contributed by atoms with Gasteiger partial charge in [-0.1, -0.05) is 17.3 Å². The van der Waals surface area contributed by atoms with Crippen LogP contribution in [0, 0.1) is 5.41 Å². The fourth-order valence-corrected chi connectivity index (χ4v) is 1.97. The van der Waals surface area contributed by atoms with Crippen LogP contribution in [0.1, 0.15) is 5.56 Å². The molecular weight excluding hydrogens is 280 g/mol. The van der Waals surface area contributed by atoms with Gasteiger partial charge in [-0.25, -0.2) is 0 Å². The van der Waals surface area contributed by atoms with Crippen LogP contribution in [0.4, 0.5) is 23.1 Å². The Hall–Kier alpha value is -3.35. The minimum atomic E-state index is 0.248. The van der Waals surface area contributed by atoms with Gasteiger partial charge in [-0.2, -0.15) is 4.98 Å². The van der Waals surface area contributed by atoms with E-state index in [1.165, 1.54) is 6.21 Å². The van der Waals surface area contributed by atoms with Crippen molar-refractivity contribution in [3.8, 4) is 11.4 Å². The lowest BCUT2D eigenvalue weighted by molar-refractivity contribution is 0.435. The molecule has 110 valence electrons. The maximum atomic E-state index is 7.30. The molecule has 0 aliphatic carbocycles. The third kappa shape index (κ3) is 2.73. The Kier molecular flexibility index (Phi) is 3.45. The average molecular weight is 294 g/mol. The number of nitrogens with one attached hydrogen (secondary N) is 2.